The third kappa shape index (κ3) is 15.1. The van der Waals surface area contributed by atoms with E-state index in [9.17, 15) is 62.9 Å². The number of hydrogen-bond acceptors (Lipinski definition) is 8. The zero-order chi connectivity index (χ0) is 47.2. The lowest BCUT2D eigenvalue weighted by molar-refractivity contribution is -0.144. The second-order valence-electron chi connectivity index (χ2n) is 14.5. The van der Waals surface area contributed by atoms with Gasteiger partial charge in [0.15, 0.2) is 0 Å². The van der Waals surface area contributed by atoms with Crippen LogP contribution in [-0.4, -0.2) is 45.8 Å². The van der Waals surface area contributed by atoms with Gasteiger partial charge in [-0.25, -0.2) is 0 Å². The fraction of sp³-hybridized carbons (Fsp3) is 0.400. The molecule has 0 radical (unpaired) electrons. The summed E-state index contributed by atoms with van der Waals surface area (Å²) in [5.74, 6) is 0. The van der Waals surface area contributed by atoms with Crippen molar-refractivity contribution in [3.05, 3.63) is 116 Å². The number of alkyl halides is 12. The number of nitrogens with two attached hydrogens (primary N) is 2. The number of halogens is 14. The van der Waals surface area contributed by atoms with Crippen molar-refractivity contribution in [3.8, 4) is 0 Å². The summed E-state index contributed by atoms with van der Waals surface area (Å²) in [6, 6.07) is 13.4. The first-order valence-corrected chi connectivity index (χ1v) is 20.4. The molecule has 0 aliphatic rings. The van der Waals surface area contributed by atoms with Gasteiger partial charge in [0.05, 0.1) is 44.5 Å². The minimum absolute atomic E-state index is 0.00690. The third-order valence-electron chi connectivity index (χ3n) is 9.07. The van der Waals surface area contributed by atoms with Crippen molar-refractivity contribution in [1.29, 1.82) is 0 Å². The molecule has 4 aromatic carbocycles. The van der Waals surface area contributed by atoms with Gasteiger partial charge < -0.3 is 31.9 Å². The summed E-state index contributed by atoms with van der Waals surface area (Å²) < 4.78 is 157. The first-order valence-electron chi connectivity index (χ1n) is 18.0. The van der Waals surface area contributed by atoms with Gasteiger partial charge in [0.2, 0.25) is 0 Å². The van der Waals surface area contributed by atoms with Crippen LogP contribution in [0.15, 0.2) is 92.4 Å². The molecule has 0 aromatic heterocycles. The Morgan fingerprint density at radius 3 is 1.03 bits per heavy atom. The number of hydrogen-bond donors (Lipinski definition) is 6. The van der Waals surface area contributed by atoms with Crippen LogP contribution in [0.5, 0.6) is 0 Å². The van der Waals surface area contributed by atoms with Crippen molar-refractivity contribution >= 4 is 46.7 Å². The standard InChI is InChI=1S/2C20H20ClF6NO2S/c2*1-18(28,10-13(30)6-7-29)11-2-4-14(5-3-11)31-16-9-12(19(22,23)24)8-15(17(16)21)20(25,26)27/h2*2-5,8-9,13,29-30H,6-7,10,28H2,1H3. The highest BCUT2D eigenvalue weighted by Gasteiger charge is 2.41. The van der Waals surface area contributed by atoms with Crippen LogP contribution in [0, 0.1) is 0 Å². The average Bonchev–Trinajstić information content (AvgIpc) is 3.12. The lowest BCUT2D eigenvalue weighted by atomic mass is 9.87. The number of rotatable bonds is 14. The Morgan fingerprint density at radius 1 is 0.500 bits per heavy atom. The van der Waals surface area contributed by atoms with Gasteiger partial charge >= 0.3 is 24.7 Å². The van der Waals surface area contributed by atoms with Crippen LogP contribution in [0.1, 0.15) is 72.9 Å². The predicted octanol–water partition coefficient (Wildman–Crippen LogP) is 11.7. The molecule has 22 heteroatoms. The molecule has 4 rings (SSSR count). The van der Waals surface area contributed by atoms with Crippen LogP contribution >= 0.6 is 46.7 Å². The van der Waals surface area contributed by atoms with Gasteiger partial charge in [-0.15, -0.1) is 0 Å². The topological polar surface area (TPSA) is 133 Å². The maximum atomic E-state index is 13.2. The SMILES string of the molecule is CC(N)(CC(O)CCO)c1ccc(Sc2cc(C(F)(F)F)cc(C(F)(F)F)c2Cl)cc1.CC(N)(CC(O)CCO)c1ccc(Sc2cc(C(F)(F)F)cc(C(F)(F)F)c2Cl)cc1. The summed E-state index contributed by atoms with van der Waals surface area (Å²) in [7, 11) is 0. The van der Waals surface area contributed by atoms with Crippen LogP contribution < -0.4 is 11.5 Å². The van der Waals surface area contributed by atoms with Gasteiger partial charge in [0, 0.05) is 43.9 Å². The molecule has 4 unspecified atom stereocenters. The van der Waals surface area contributed by atoms with Gasteiger partial charge in [0.1, 0.15) is 0 Å². The fourth-order valence-electron chi connectivity index (χ4n) is 5.86. The number of benzene rings is 4. The minimum atomic E-state index is -5.05. The van der Waals surface area contributed by atoms with E-state index in [-0.39, 0.29) is 60.8 Å². The molecule has 0 amide bonds. The number of aliphatic hydroxyl groups is 4. The number of aliphatic hydroxyl groups excluding tert-OH is 4. The van der Waals surface area contributed by atoms with Crippen LogP contribution in [0.2, 0.25) is 10.0 Å². The fourth-order valence-corrected chi connectivity index (χ4v) is 8.35. The van der Waals surface area contributed by atoms with E-state index in [2.05, 4.69) is 0 Å². The van der Waals surface area contributed by atoms with E-state index < -0.39 is 80.3 Å². The second kappa shape index (κ2) is 20.9. The molecular weight excluding hydrogens is 935 g/mol. The van der Waals surface area contributed by atoms with E-state index in [1.165, 1.54) is 24.3 Å². The largest absolute Gasteiger partial charge is 0.417 e. The molecule has 344 valence electrons. The molecule has 0 saturated heterocycles. The van der Waals surface area contributed by atoms with Crippen molar-refractivity contribution in [1.82, 2.24) is 0 Å². The van der Waals surface area contributed by atoms with Crippen LogP contribution in [-0.2, 0) is 35.8 Å². The zero-order valence-electron chi connectivity index (χ0n) is 32.4. The van der Waals surface area contributed by atoms with Crippen LogP contribution in [0.3, 0.4) is 0 Å². The van der Waals surface area contributed by atoms with E-state index >= 15 is 0 Å². The van der Waals surface area contributed by atoms with Crippen molar-refractivity contribution < 1.29 is 73.1 Å². The Morgan fingerprint density at radius 2 is 0.790 bits per heavy atom. The first-order chi connectivity index (χ1) is 28.3. The molecule has 4 aromatic rings. The van der Waals surface area contributed by atoms with Gasteiger partial charge in [-0.3, -0.25) is 0 Å². The Kier molecular flexibility index (Phi) is 18.0. The second-order valence-corrected chi connectivity index (χ2v) is 17.5. The predicted molar refractivity (Wildman–Crippen MR) is 212 cm³/mol. The van der Waals surface area contributed by atoms with Gasteiger partial charge in [-0.05, 0) is 99.2 Å². The normalized spacial score (nSPS) is 15.6. The monoisotopic (exact) mass is 974 g/mol. The Balaban J connectivity index is 0.000000330. The molecule has 0 saturated carbocycles. The highest BCUT2D eigenvalue weighted by molar-refractivity contribution is 7.99. The van der Waals surface area contributed by atoms with Crippen molar-refractivity contribution in [3.63, 3.8) is 0 Å². The van der Waals surface area contributed by atoms with Crippen LogP contribution in [0.4, 0.5) is 52.7 Å². The van der Waals surface area contributed by atoms with Gasteiger partial charge in [-0.1, -0.05) is 71.0 Å². The smallest absolute Gasteiger partial charge is 0.396 e. The Bertz CT molecular complexity index is 1950. The van der Waals surface area contributed by atoms with Gasteiger partial charge in [-0.2, -0.15) is 52.7 Å². The van der Waals surface area contributed by atoms with Crippen molar-refractivity contribution in [2.24, 2.45) is 11.5 Å². The zero-order valence-corrected chi connectivity index (χ0v) is 35.5. The summed E-state index contributed by atoms with van der Waals surface area (Å²) in [5, 5.41) is 35.9. The van der Waals surface area contributed by atoms with Crippen molar-refractivity contribution in [2.45, 2.75) is 107 Å². The maximum absolute atomic E-state index is 13.2. The van der Waals surface area contributed by atoms with E-state index in [1.807, 2.05) is 0 Å². The minimum Gasteiger partial charge on any atom is -0.396 e. The summed E-state index contributed by atoms with van der Waals surface area (Å²) in [6.45, 7) is 2.92. The Hall–Kier alpha value is -2.92. The molecule has 8 N–H and O–H groups in total. The lowest BCUT2D eigenvalue weighted by Crippen LogP contribution is -2.37. The molecule has 0 spiro atoms. The highest BCUT2D eigenvalue weighted by Crippen LogP contribution is 2.47. The molecular formula is C40H40Cl2F12N2O4S2. The Labute approximate surface area is 366 Å². The molecule has 62 heavy (non-hydrogen) atoms. The average molecular weight is 976 g/mol. The molecule has 4 atom stereocenters. The molecule has 0 aliphatic heterocycles. The van der Waals surface area contributed by atoms with E-state index in [0.717, 1.165) is 0 Å². The van der Waals surface area contributed by atoms with E-state index in [1.54, 1.807) is 38.1 Å². The molecule has 0 fully saturated rings. The molecule has 0 bridgehead atoms. The maximum Gasteiger partial charge on any atom is 0.417 e. The summed E-state index contributed by atoms with van der Waals surface area (Å²) in [4.78, 5) is -0.0644. The third-order valence-corrected chi connectivity index (χ3v) is 12.2. The van der Waals surface area contributed by atoms with Crippen LogP contribution in [0.25, 0.3) is 0 Å². The highest BCUT2D eigenvalue weighted by atomic mass is 35.5. The molecule has 0 heterocycles. The van der Waals surface area contributed by atoms with Gasteiger partial charge in [0.25, 0.3) is 0 Å². The van der Waals surface area contributed by atoms with E-state index in [4.69, 9.17) is 44.9 Å². The first kappa shape index (κ1) is 53.4. The summed E-state index contributed by atoms with van der Waals surface area (Å²) in [5.41, 5.74) is 5.68. The van der Waals surface area contributed by atoms with Crippen molar-refractivity contribution in [2.75, 3.05) is 13.2 Å². The van der Waals surface area contributed by atoms with E-state index in [0.29, 0.717) is 56.6 Å². The molecule has 0 aliphatic carbocycles. The summed E-state index contributed by atoms with van der Waals surface area (Å²) >= 11 is 12.9. The summed E-state index contributed by atoms with van der Waals surface area (Å²) in [6.07, 6.45) is -21.1. The molecule has 6 nitrogen and oxygen atoms in total. The quantitative estimate of drug-likeness (QED) is 0.0689. The lowest BCUT2D eigenvalue weighted by Gasteiger charge is -2.28.